The van der Waals surface area contributed by atoms with E-state index in [9.17, 15) is 24.2 Å². The van der Waals surface area contributed by atoms with Crippen molar-refractivity contribution < 1.29 is 24.1 Å². The first-order valence-corrected chi connectivity index (χ1v) is 10.7. The number of aromatic nitrogens is 3. The Balaban J connectivity index is 1.92. The first kappa shape index (κ1) is 22.8. The number of anilines is 1. The number of aromatic carboxylic acids is 1. The van der Waals surface area contributed by atoms with Crippen molar-refractivity contribution in [1.29, 1.82) is 0 Å². The normalized spacial score (nSPS) is 18.6. The van der Waals surface area contributed by atoms with E-state index in [1.54, 1.807) is 22.8 Å². The van der Waals surface area contributed by atoms with E-state index in [1.807, 2.05) is 13.8 Å². The number of aliphatic hydroxyl groups is 1. The van der Waals surface area contributed by atoms with Crippen LogP contribution in [0.4, 0.5) is 10.3 Å². The first-order chi connectivity index (χ1) is 15.7. The fraction of sp³-hybridized carbons (Fsp3) is 0.391. The SMILES string of the molecule is Cc1c(C(=O)O)n(C(C)C)c2cccc(-c3nc(N[C@@H]4CCOC[C@H]4O)ncc3F)c2c1=O. The Morgan fingerprint density at radius 1 is 1.36 bits per heavy atom. The van der Waals surface area contributed by atoms with Gasteiger partial charge in [0.25, 0.3) is 0 Å². The van der Waals surface area contributed by atoms with E-state index in [0.29, 0.717) is 18.5 Å². The Bertz CT molecular complexity index is 1290. The molecule has 0 bridgehead atoms. The fourth-order valence-electron chi connectivity index (χ4n) is 4.26. The van der Waals surface area contributed by atoms with Crippen LogP contribution in [0.3, 0.4) is 0 Å². The average Bonchev–Trinajstić information content (AvgIpc) is 2.78. The van der Waals surface area contributed by atoms with Crippen molar-refractivity contribution in [3.8, 4) is 11.3 Å². The number of pyridine rings is 1. The minimum absolute atomic E-state index is 0.0642. The number of fused-ring (bicyclic) bond motifs is 1. The van der Waals surface area contributed by atoms with Gasteiger partial charge in [-0.15, -0.1) is 0 Å². The summed E-state index contributed by atoms with van der Waals surface area (Å²) in [6.07, 6.45) is 0.778. The molecule has 10 heteroatoms. The molecule has 33 heavy (non-hydrogen) atoms. The minimum atomic E-state index is -1.21. The molecule has 1 aromatic carbocycles. The van der Waals surface area contributed by atoms with Crippen LogP contribution in [0.25, 0.3) is 22.2 Å². The van der Waals surface area contributed by atoms with Crippen LogP contribution in [0, 0.1) is 12.7 Å². The van der Waals surface area contributed by atoms with Crippen LogP contribution in [-0.4, -0.2) is 56.1 Å². The minimum Gasteiger partial charge on any atom is -0.477 e. The summed E-state index contributed by atoms with van der Waals surface area (Å²) in [5.41, 5.74) is -0.00458. The van der Waals surface area contributed by atoms with Gasteiger partial charge in [0.1, 0.15) is 11.4 Å². The number of halogens is 1. The van der Waals surface area contributed by atoms with E-state index < -0.39 is 23.3 Å². The summed E-state index contributed by atoms with van der Waals surface area (Å²) < 4.78 is 21.7. The molecule has 9 nitrogen and oxygen atoms in total. The summed E-state index contributed by atoms with van der Waals surface area (Å²) in [4.78, 5) is 33.5. The van der Waals surface area contributed by atoms with Gasteiger partial charge in [0.05, 0.1) is 35.9 Å². The monoisotopic (exact) mass is 456 g/mol. The lowest BCUT2D eigenvalue weighted by Gasteiger charge is -2.28. The predicted molar refractivity (Wildman–Crippen MR) is 120 cm³/mol. The lowest BCUT2D eigenvalue weighted by molar-refractivity contribution is -0.0136. The molecule has 0 saturated carbocycles. The third-order valence-corrected chi connectivity index (χ3v) is 5.82. The molecule has 4 rings (SSSR count). The van der Waals surface area contributed by atoms with Gasteiger partial charge >= 0.3 is 5.97 Å². The van der Waals surface area contributed by atoms with Crippen LogP contribution in [0.2, 0.25) is 0 Å². The molecule has 2 aromatic heterocycles. The summed E-state index contributed by atoms with van der Waals surface area (Å²) in [5, 5.41) is 23.1. The molecule has 2 atom stereocenters. The van der Waals surface area contributed by atoms with Gasteiger partial charge in [0.2, 0.25) is 5.95 Å². The second kappa shape index (κ2) is 8.87. The molecule has 174 valence electrons. The van der Waals surface area contributed by atoms with E-state index in [2.05, 4.69) is 15.3 Å². The van der Waals surface area contributed by atoms with E-state index in [1.165, 1.54) is 6.92 Å². The molecule has 0 amide bonds. The third-order valence-electron chi connectivity index (χ3n) is 5.82. The molecule has 0 radical (unpaired) electrons. The molecule has 1 aliphatic rings. The number of hydrogen-bond acceptors (Lipinski definition) is 7. The molecule has 0 aliphatic carbocycles. The highest BCUT2D eigenvalue weighted by Gasteiger charge is 2.26. The number of hydrogen-bond donors (Lipinski definition) is 3. The Kier molecular flexibility index (Phi) is 6.13. The van der Waals surface area contributed by atoms with Crippen LogP contribution in [0.5, 0.6) is 0 Å². The molecular formula is C23H25FN4O5. The highest BCUT2D eigenvalue weighted by molar-refractivity contribution is 5.98. The van der Waals surface area contributed by atoms with Crippen molar-refractivity contribution in [2.75, 3.05) is 18.5 Å². The molecule has 1 aliphatic heterocycles. The number of carboxylic acid groups (broad SMARTS) is 1. The van der Waals surface area contributed by atoms with Gasteiger partial charge in [-0.25, -0.2) is 19.2 Å². The Morgan fingerprint density at radius 2 is 2.12 bits per heavy atom. The molecular weight excluding hydrogens is 431 g/mol. The lowest BCUT2D eigenvalue weighted by atomic mass is 10.00. The van der Waals surface area contributed by atoms with Gasteiger partial charge in [-0.2, -0.15) is 0 Å². The number of rotatable bonds is 5. The van der Waals surface area contributed by atoms with Crippen LogP contribution < -0.4 is 10.7 Å². The van der Waals surface area contributed by atoms with Crippen LogP contribution >= 0.6 is 0 Å². The van der Waals surface area contributed by atoms with Crippen molar-refractivity contribution in [2.45, 2.75) is 45.4 Å². The maximum Gasteiger partial charge on any atom is 0.352 e. The summed E-state index contributed by atoms with van der Waals surface area (Å²) in [6.45, 7) is 5.72. The summed E-state index contributed by atoms with van der Waals surface area (Å²) in [6, 6.07) is 4.22. The second-order valence-electron chi connectivity index (χ2n) is 8.34. The van der Waals surface area contributed by atoms with Crippen molar-refractivity contribution in [3.05, 3.63) is 51.7 Å². The van der Waals surface area contributed by atoms with Gasteiger partial charge in [0.15, 0.2) is 11.2 Å². The molecule has 0 unspecified atom stereocenters. The van der Waals surface area contributed by atoms with E-state index in [0.717, 1.165) is 6.20 Å². The van der Waals surface area contributed by atoms with Gasteiger partial charge in [-0.1, -0.05) is 12.1 Å². The number of nitrogens with one attached hydrogen (secondary N) is 1. The standard InChI is InChI=1S/C23H25FN4O5/c1-11(2)28-16-6-4-5-13(18(16)21(30)12(3)20(28)22(31)32)19-14(24)9-25-23(27-19)26-15-7-8-33-10-17(15)29/h4-6,9,11,15,17,29H,7-8,10H2,1-3H3,(H,31,32)(H,25,26,27)/t15-,17-/m1/s1. The fourth-order valence-corrected chi connectivity index (χ4v) is 4.26. The number of carbonyl (C=O) groups is 1. The van der Waals surface area contributed by atoms with Gasteiger partial charge in [0, 0.05) is 23.8 Å². The second-order valence-corrected chi connectivity index (χ2v) is 8.34. The zero-order valence-corrected chi connectivity index (χ0v) is 18.5. The van der Waals surface area contributed by atoms with Crippen LogP contribution in [-0.2, 0) is 4.74 Å². The quantitative estimate of drug-likeness (QED) is 0.535. The average molecular weight is 456 g/mol. The largest absolute Gasteiger partial charge is 0.477 e. The maximum absolute atomic E-state index is 14.9. The zero-order valence-electron chi connectivity index (χ0n) is 18.5. The van der Waals surface area contributed by atoms with Crippen LogP contribution in [0.15, 0.2) is 29.2 Å². The number of ether oxygens (including phenoxy) is 1. The predicted octanol–water partition coefficient (Wildman–Crippen LogP) is 2.75. The van der Waals surface area contributed by atoms with Gasteiger partial charge < -0.3 is 24.8 Å². The maximum atomic E-state index is 14.9. The van der Waals surface area contributed by atoms with E-state index >= 15 is 0 Å². The highest BCUT2D eigenvalue weighted by atomic mass is 19.1. The zero-order chi connectivity index (χ0) is 23.9. The summed E-state index contributed by atoms with van der Waals surface area (Å²) >= 11 is 0. The van der Waals surface area contributed by atoms with Crippen LogP contribution in [0.1, 0.15) is 42.4 Å². The van der Waals surface area contributed by atoms with Crippen molar-refractivity contribution in [2.24, 2.45) is 0 Å². The Labute approximate surface area is 188 Å². The third kappa shape index (κ3) is 4.07. The summed E-state index contributed by atoms with van der Waals surface area (Å²) in [5.74, 6) is -1.83. The number of nitrogens with zero attached hydrogens (tertiary/aromatic N) is 3. The molecule has 3 N–H and O–H groups in total. The van der Waals surface area contributed by atoms with Gasteiger partial charge in [-0.05, 0) is 33.3 Å². The Hall–Kier alpha value is -3.37. The molecule has 1 fully saturated rings. The topological polar surface area (TPSA) is 127 Å². The summed E-state index contributed by atoms with van der Waals surface area (Å²) in [7, 11) is 0. The smallest absolute Gasteiger partial charge is 0.352 e. The molecule has 3 heterocycles. The Morgan fingerprint density at radius 3 is 2.79 bits per heavy atom. The lowest BCUT2D eigenvalue weighted by Crippen LogP contribution is -2.42. The van der Waals surface area contributed by atoms with Crippen molar-refractivity contribution in [3.63, 3.8) is 0 Å². The number of benzene rings is 1. The number of carboxylic acids is 1. The molecule has 0 spiro atoms. The number of aliphatic hydroxyl groups excluding tert-OH is 1. The molecule has 1 saturated heterocycles. The van der Waals surface area contributed by atoms with Gasteiger partial charge in [-0.3, -0.25) is 4.79 Å². The van der Waals surface area contributed by atoms with Crippen molar-refractivity contribution >= 4 is 22.8 Å². The highest BCUT2D eigenvalue weighted by Crippen LogP contribution is 2.31. The van der Waals surface area contributed by atoms with E-state index in [4.69, 9.17) is 4.74 Å². The van der Waals surface area contributed by atoms with Crippen molar-refractivity contribution in [1.82, 2.24) is 14.5 Å². The van der Waals surface area contributed by atoms with E-state index in [-0.39, 0.29) is 52.5 Å². The first-order valence-electron chi connectivity index (χ1n) is 10.7. The molecule has 3 aromatic rings.